The summed E-state index contributed by atoms with van der Waals surface area (Å²) in [5.74, 6) is 1.92. The molecule has 0 amide bonds. The van der Waals surface area contributed by atoms with Gasteiger partial charge in [0, 0.05) is 25.7 Å². The molecule has 0 aromatic heterocycles. The summed E-state index contributed by atoms with van der Waals surface area (Å²) in [7, 11) is 2.25. The zero-order valence-corrected chi connectivity index (χ0v) is 9.08. The van der Waals surface area contributed by atoms with Gasteiger partial charge in [-0.05, 0) is 44.9 Å². The average molecular weight is 195 g/mol. The lowest BCUT2D eigenvalue weighted by Gasteiger charge is -2.24. The molecule has 0 spiro atoms. The lowest BCUT2D eigenvalue weighted by atomic mass is 10.0. The third-order valence-corrected chi connectivity index (χ3v) is 4.30. The maximum absolute atomic E-state index is 3.51. The predicted molar refractivity (Wildman–Crippen MR) is 57.3 cm³/mol. The molecule has 1 N–H and O–H groups in total. The Kier molecular flexibility index (Phi) is 2.26. The molecular weight excluding hydrogens is 174 g/mol. The second-order valence-corrected chi connectivity index (χ2v) is 5.34. The molecule has 3 heteroatoms. The maximum Gasteiger partial charge on any atom is 0.0235 e. The number of likely N-dealkylation sites (N-methyl/N-ethyl adjacent to an activating group) is 1. The van der Waals surface area contributed by atoms with Gasteiger partial charge in [0.1, 0.15) is 0 Å². The largest absolute Gasteiger partial charge is 0.316 e. The minimum atomic E-state index is 0.866. The second kappa shape index (κ2) is 3.47. The SMILES string of the molecule is CN1CCC(N2CC3CNCC3C2)C1. The van der Waals surface area contributed by atoms with Crippen LogP contribution in [-0.2, 0) is 0 Å². The highest BCUT2D eigenvalue weighted by Crippen LogP contribution is 2.29. The fraction of sp³-hybridized carbons (Fsp3) is 1.00. The van der Waals surface area contributed by atoms with Crippen molar-refractivity contribution in [2.75, 3.05) is 46.3 Å². The molecule has 3 atom stereocenters. The van der Waals surface area contributed by atoms with Crippen LogP contribution in [0, 0.1) is 11.8 Å². The van der Waals surface area contributed by atoms with Crippen LogP contribution >= 0.6 is 0 Å². The van der Waals surface area contributed by atoms with Crippen molar-refractivity contribution in [3.8, 4) is 0 Å². The normalized spacial score (nSPS) is 44.8. The molecule has 3 unspecified atom stereocenters. The first-order chi connectivity index (χ1) is 6.83. The van der Waals surface area contributed by atoms with Gasteiger partial charge in [0.2, 0.25) is 0 Å². The van der Waals surface area contributed by atoms with Gasteiger partial charge in [-0.3, -0.25) is 4.90 Å². The van der Waals surface area contributed by atoms with Gasteiger partial charge in [0.25, 0.3) is 0 Å². The molecule has 0 aromatic rings. The van der Waals surface area contributed by atoms with Crippen LogP contribution in [0.5, 0.6) is 0 Å². The van der Waals surface area contributed by atoms with Gasteiger partial charge in [-0.25, -0.2) is 0 Å². The molecule has 14 heavy (non-hydrogen) atoms. The Morgan fingerprint density at radius 3 is 2.36 bits per heavy atom. The molecule has 3 heterocycles. The van der Waals surface area contributed by atoms with Crippen molar-refractivity contribution in [3.05, 3.63) is 0 Å². The van der Waals surface area contributed by atoms with E-state index in [4.69, 9.17) is 0 Å². The summed E-state index contributed by atoms with van der Waals surface area (Å²) in [6.45, 7) is 7.85. The van der Waals surface area contributed by atoms with E-state index < -0.39 is 0 Å². The monoisotopic (exact) mass is 195 g/mol. The van der Waals surface area contributed by atoms with Crippen molar-refractivity contribution in [1.29, 1.82) is 0 Å². The Balaban J connectivity index is 1.60. The summed E-state index contributed by atoms with van der Waals surface area (Å²) in [5.41, 5.74) is 0. The topological polar surface area (TPSA) is 18.5 Å². The fourth-order valence-corrected chi connectivity index (χ4v) is 3.40. The number of hydrogen-bond donors (Lipinski definition) is 1. The van der Waals surface area contributed by atoms with E-state index in [-0.39, 0.29) is 0 Å². The molecule has 3 aliphatic rings. The molecule has 0 aromatic carbocycles. The lowest BCUT2D eigenvalue weighted by Crippen LogP contribution is -2.37. The molecular formula is C11H21N3. The second-order valence-electron chi connectivity index (χ2n) is 5.34. The van der Waals surface area contributed by atoms with Crippen molar-refractivity contribution in [1.82, 2.24) is 15.1 Å². The van der Waals surface area contributed by atoms with E-state index in [1.54, 1.807) is 0 Å². The minimum absolute atomic E-state index is 0.866. The summed E-state index contributed by atoms with van der Waals surface area (Å²) in [4.78, 5) is 5.22. The predicted octanol–water partition coefficient (Wildman–Crippen LogP) is -0.158. The Morgan fingerprint density at radius 1 is 1.07 bits per heavy atom. The van der Waals surface area contributed by atoms with Crippen molar-refractivity contribution in [2.24, 2.45) is 11.8 Å². The summed E-state index contributed by atoms with van der Waals surface area (Å²) < 4.78 is 0. The van der Waals surface area contributed by atoms with E-state index >= 15 is 0 Å². The average Bonchev–Trinajstić information content (AvgIpc) is 2.75. The summed E-state index contributed by atoms with van der Waals surface area (Å²) in [6.07, 6.45) is 1.39. The first-order valence-corrected chi connectivity index (χ1v) is 5.96. The molecule has 0 bridgehead atoms. The molecule has 3 saturated heterocycles. The van der Waals surface area contributed by atoms with E-state index in [9.17, 15) is 0 Å². The van der Waals surface area contributed by atoms with E-state index in [0.29, 0.717) is 0 Å². The molecule has 0 aliphatic carbocycles. The number of fused-ring (bicyclic) bond motifs is 1. The van der Waals surface area contributed by atoms with Gasteiger partial charge in [0.15, 0.2) is 0 Å². The quantitative estimate of drug-likeness (QED) is 0.627. The number of likely N-dealkylation sites (tertiary alicyclic amines) is 2. The van der Waals surface area contributed by atoms with Gasteiger partial charge >= 0.3 is 0 Å². The van der Waals surface area contributed by atoms with Crippen LogP contribution in [0.2, 0.25) is 0 Å². The van der Waals surface area contributed by atoms with Gasteiger partial charge in [-0.2, -0.15) is 0 Å². The summed E-state index contributed by atoms with van der Waals surface area (Å²) in [5, 5.41) is 3.51. The molecule has 80 valence electrons. The van der Waals surface area contributed by atoms with E-state index in [1.165, 1.54) is 45.7 Å². The Labute approximate surface area is 86.4 Å². The van der Waals surface area contributed by atoms with E-state index in [0.717, 1.165) is 17.9 Å². The van der Waals surface area contributed by atoms with Gasteiger partial charge in [-0.15, -0.1) is 0 Å². The molecule has 3 rings (SSSR count). The van der Waals surface area contributed by atoms with Crippen LogP contribution in [-0.4, -0.2) is 62.2 Å². The fourth-order valence-electron chi connectivity index (χ4n) is 3.40. The highest BCUT2D eigenvalue weighted by molar-refractivity contribution is 4.95. The highest BCUT2D eigenvalue weighted by Gasteiger charge is 2.39. The summed E-state index contributed by atoms with van der Waals surface area (Å²) in [6, 6.07) is 0.866. The Bertz CT molecular complexity index is 207. The Morgan fingerprint density at radius 2 is 1.79 bits per heavy atom. The zero-order valence-electron chi connectivity index (χ0n) is 9.08. The molecule has 3 fully saturated rings. The van der Waals surface area contributed by atoms with Crippen molar-refractivity contribution in [3.63, 3.8) is 0 Å². The first-order valence-electron chi connectivity index (χ1n) is 5.96. The highest BCUT2D eigenvalue weighted by atomic mass is 15.3. The molecule has 3 aliphatic heterocycles. The van der Waals surface area contributed by atoms with Crippen LogP contribution in [0.4, 0.5) is 0 Å². The first kappa shape index (κ1) is 9.13. The lowest BCUT2D eigenvalue weighted by molar-refractivity contribution is 0.227. The number of nitrogens with one attached hydrogen (secondary N) is 1. The molecule has 0 saturated carbocycles. The van der Waals surface area contributed by atoms with Crippen LogP contribution in [0.25, 0.3) is 0 Å². The van der Waals surface area contributed by atoms with Gasteiger partial charge < -0.3 is 10.2 Å². The van der Waals surface area contributed by atoms with E-state index in [1.807, 2.05) is 0 Å². The third kappa shape index (κ3) is 1.47. The number of nitrogens with zero attached hydrogens (tertiary/aromatic N) is 2. The maximum atomic E-state index is 3.51. The van der Waals surface area contributed by atoms with Crippen LogP contribution in [0.1, 0.15) is 6.42 Å². The third-order valence-electron chi connectivity index (χ3n) is 4.30. The Hall–Kier alpha value is -0.120. The molecule has 0 radical (unpaired) electrons. The van der Waals surface area contributed by atoms with Crippen molar-refractivity contribution >= 4 is 0 Å². The number of hydrogen-bond acceptors (Lipinski definition) is 3. The van der Waals surface area contributed by atoms with Crippen molar-refractivity contribution in [2.45, 2.75) is 12.5 Å². The van der Waals surface area contributed by atoms with Gasteiger partial charge in [-0.1, -0.05) is 0 Å². The number of rotatable bonds is 1. The van der Waals surface area contributed by atoms with Gasteiger partial charge in [0.05, 0.1) is 0 Å². The minimum Gasteiger partial charge on any atom is -0.316 e. The van der Waals surface area contributed by atoms with Crippen LogP contribution < -0.4 is 5.32 Å². The standard InChI is InChI=1S/C11H21N3/c1-13-3-2-11(8-13)14-6-9-4-12-5-10(9)7-14/h9-12H,2-8H2,1H3. The summed E-state index contributed by atoms with van der Waals surface area (Å²) >= 11 is 0. The zero-order chi connectivity index (χ0) is 9.54. The van der Waals surface area contributed by atoms with Crippen LogP contribution in [0.15, 0.2) is 0 Å². The van der Waals surface area contributed by atoms with Crippen molar-refractivity contribution < 1.29 is 0 Å². The van der Waals surface area contributed by atoms with E-state index in [2.05, 4.69) is 22.2 Å². The van der Waals surface area contributed by atoms with Crippen LogP contribution in [0.3, 0.4) is 0 Å². The smallest absolute Gasteiger partial charge is 0.0235 e. The molecule has 3 nitrogen and oxygen atoms in total.